The first-order valence-corrected chi connectivity index (χ1v) is 10.3. The van der Waals surface area contributed by atoms with E-state index in [1.807, 2.05) is 25.8 Å². The highest BCUT2D eigenvalue weighted by molar-refractivity contribution is 5.74. The van der Waals surface area contributed by atoms with E-state index in [9.17, 15) is 18.0 Å². The molecule has 3 aromatic rings. The third-order valence-corrected chi connectivity index (χ3v) is 5.26. The van der Waals surface area contributed by atoms with E-state index in [-0.39, 0.29) is 18.5 Å². The molecule has 3 aromatic heterocycles. The Morgan fingerprint density at radius 2 is 2.00 bits per heavy atom. The molecule has 1 amide bonds. The van der Waals surface area contributed by atoms with Crippen LogP contribution in [0.2, 0.25) is 0 Å². The van der Waals surface area contributed by atoms with Crippen molar-refractivity contribution in [1.29, 1.82) is 0 Å². The van der Waals surface area contributed by atoms with Gasteiger partial charge in [-0.3, -0.25) is 14.9 Å². The molecule has 1 atom stereocenters. The van der Waals surface area contributed by atoms with E-state index < -0.39 is 17.2 Å². The summed E-state index contributed by atoms with van der Waals surface area (Å²) in [4.78, 5) is 28.7. The first-order valence-electron chi connectivity index (χ1n) is 10.3. The lowest BCUT2D eigenvalue weighted by atomic mass is 9.95. The number of amides is 1. The molecule has 1 fully saturated rings. The number of aromatic nitrogens is 6. The Morgan fingerprint density at radius 1 is 1.25 bits per heavy atom. The van der Waals surface area contributed by atoms with Crippen molar-refractivity contribution in [2.75, 3.05) is 6.54 Å². The fourth-order valence-corrected chi connectivity index (χ4v) is 3.72. The number of H-pyrrole nitrogens is 1. The molecule has 4 heterocycles. The molecule has 1 saturated heterocycles. The van der Waals surface area contributed by atoms with Gasteiger partial charge in [0.2, 0.25) is 5.91 Å². The van der Waals surface area contributed by atoms with E-state index in [1.54, 1.807) is 0 Å². The summed E-state index contributed by atoms with van der Waals surface area (Å²) in [6.07, 6.45) is -1.03. The third kappa shape index (κ3) is 4.45. The minimum Gasteiger partial charge on any atom is -0.338 e. The maximum Gasteiger partial charge on any atom is 0.419 e. The molecule has 4 rings (SSSR count). The molecule has 0 radical (unpaired) electrons. The number of hydrogen-bond acceptors (Lipinski definition) is 6. The van der Waals surface area contributed by atoms with Gasteiger partial charge in [-0.15, -0.1) is 0 Å². The topological polar surface area (TPSA) is 105 Å². The van der Waals surface area contributed by atoms with Crippen molar-refractivity contribution in [1.82, 2.24) is 40.2 Å². The molecule has 0 aromatic carbocycles. The summed E-state index contributed by atoms with van der Waals surface area (Å²) in [5, 5.41) is 5.69. The number of fused-ring (bicyclic) bond motifs is 1. The van der Waals surface area contributed by atoms with Gasteiger partial charge >= 0.3 is 6.18 Å². The van der Waals surface area contributed by atoms with Crippen LogP contribution in [0.15, 0.2) is 12.4 Å². The second kappa shape index (κ2) is 7.84. The number of imidazole rings is 1. The van der Waals surface area contributed by atoms with Gasteiger partial charge in [0, 0.05) is 25.1 Å². The number of carbonyl (C=O) groups is 1. The fraction of sp³-hybridized carbons (Fsp3) is 0.550. The second-order valence-corrected chi connectivity index (χ2v) is 9.01. The van der Waals surface area contributed by atoms with Crippen LogP contribution in [-0.4, -0.2) is 47.2 Å². The van der Waals surface area contributed by atoms with Crippen LogP contribution in [0.4, 0.5) is 13.2 Å². The minimum atomic E-state index is -4.47. The lowest BCUT2D eigenvalue weighted by Crippen LogP contribution is -2.40. The van der Waals surface area contributed by atoms with Crippen LogP contribution in [0.25, 0.3) is 11.2 Å². The fourth-order valence-electron chi connectivity index (χ4n) is 3.72. The first kappa shape index (κ1) is 22.2. The number of rotatable bonds is 4. The number of hydrazine groups is 1. The van der Waals surface area contributed by atoms with Gasteiger partial charge < -0.3 is 4.98 Å². The van der Waals surface area contributed by atoms with E-state index in [4.69, 9.17) is 0 Å². The Labute approximate surface area is 182 Å². The van der Waals surface area contributed by atoms with E-state index >= 15 is 0 Å². The van der Waals surface area contributed by atoms with E-state index in [1.165, 1.54) is 11.6 Å². The zero-order chi connectivity index (χ0) is 23.3. The summed E-state index contributed by atoms with van der Waals surface area (Å²) in [7, 11) is 0. The van der Waals surface area contributed by atoms with Gasteiger partial charge in [0.25, 0.3) is 0 Å². The molecular formula is C20H25F3N8O. The lowest BCUT2D eigenvalue weighted by Gasteiger charge is -2.22. The minimum absolute atomic E-state index is 0.0277. The van der Waals surface area contributed by atoms with Crippen LogP contribution in [0.3, 0.4) is 0 Å². The van der Waals surface area contributed by atoms with Crippen LogP contribution >= 0.6 is 0 Å². The normalized spacial score (nSPS) is 17.9. The van der Waals surface area contributed by atoms with Crippen LogP contribution in [0, 0.1) is 0 Å². The Balaban J connectivity index is 1.75. The molecule has 0 unspecified atom stereocenters. The first-order chi connectivity index (χ1) is 14.9. The van der Waals surface area contributed by atoms with E-state index in [0.717, 1.165) is 25.2 Å². The number of nitrogens with zero attached hydrogens (tertiary/aromatic N) is 6. The maximum absolute atomic E-state index is 13.0. The van der Waals surface area contributed by atoms with Gasteiger partial charge in [-0.25, -0.2) is 20.0 Å². The smallest absolute Gasteiger partial charge is 0.338 e. The molecule has 1 aliphatic rings. The maximum atomic E-state index is 13.0. The standard InChI is InChI=1S/C20H25F3N8O/c1-11(32)29-31-7-5-6-14(31)16-26-15-13(10-30-9-12(8-24-30)20(21,22)23)25-18(19(2,3)4)28-17(15)27-16/h8-9,14H,5-7,10H2,1-4H3,(H,29,32)(H,25,26,27,28)/t14-/m0/s1. The molecule has 9 nitrogen and oxygen atoms in total. The summed E-state index contributed by atoms with van der Waals surface area (Å²) in [5.74, 6) is 0.998. The number of hydrogen-bond donors (Lipinski definition) is 2. The van der Waals surface area contributed by atoms with Gasteiger partial charge in [-0.1, -0.05) is 20.8 Å². The van der Waals surface area contributed by atoms with Crippen LogP contribution in [0.5, 0.6) is 0 Å². The quantitative estimate of drug-likeness (QED) is 0.633. The molecule has 2 N–H and O–H groups in total. The van der Waals surface area contributed by atoms with Crippen molar-refractivity contribution in [2.24, 2.45) is 0 Å². The Morgan fingerprint density at radius 3 is 2.62 bits per heavy atom. The van der Waals surface area contributed by atoms with Gasteiger partial charge in [-0.05, 0) is 12.8 Å². The molecule has 172 valence electrons. The highest BCUT2D eigenvalue weighted by Gasteiger charge is 2.33. The van der Waals surface area contributed by atoms with Crippen molar-refractivity contribution in [3.8, 4) is 0 Å². The number of aromatic amines is 1. The van der Waals surface area contributed by atoms with E-state index in [0.29, 0.717) is 35.1 Å². The van der Waals surface area contributed by atoms with Crippen molar-refractivity contribution in [2.45, 2.75) is 64.7 Å². The monoisotopic (exact) mass is 450 g/mol. The predicted molar refractivity (Wildman–Crippen MR) is 109 cm³/mol. The second-order valence-electron chi connectivity index (χ2n) is 9.01. The summed E-state index contributed by atoms with van der Waals surface area (Å²) in [5.41, 5.74) is 3.10. The molecule has 0 saturated carbocycles. The zero-order valence-electron chi connectivity index (χ0n) is 18.3. The average Bonchev–Trinajstić information content (AvgIpc) is 3.38. The summed E-state index contributed by atoms with van der Waals surface area (Å²) in [6.45, 7) is 8.04. The highest BCUT2D eigenvalue weighted by Crippen LogP contribution is 2.32. The molecule has 0 aliphatic carbocycles. The summed E-state index contributed by atoms with van der Waals surface area (Å²) < 4.78 is 40.2. The van der Waals surface area contributed by atoms with Crippen LogP contribution in [-0.2, 0) is 22.9 Å². The molecular weight excluding hydrogens is 425 g/mol. The molecule has 0 bridgehead atoms. The molecule has 12 heteroatoms. The summed E-state index contributed by atoms with van der Waals surface area (Å²) in [6, 6.07) is -0.152. The van der Waals surface area contributed by atoms with E-state index in [2.05, 4.69) is 30.5 Å². The third-order valence-electron chi connectivity index (χ3n) is 5.26. The van der Waals surface area contributed by atoms with Crippen LogP contribution in [0.1, 0.15) is 69.5 Å². The van der Waals surface area contributed by atoms with Crippen molar-refractivity contribution in [3.63, 3.8) is 0 Å². The molecule has 1 aliphatic heterocycles. The Bertz CT molecular complexity index is 1140. The van der Waals surface area contributed by atoms with Crippen molar-refractivity contribution < 1.29 is 18.0 Å². The highest BCUT2D eigenvalue weighted by atomic mass is 19.4. The van der Waals surface area contributed by atoms with Crippen molar-refractivity contribution in [3.05, 3.63) is 35.3 Å². The Hall–Kier alpha value is -3.02. The number of alkyl halides is 3. The zero-order valence-corrected chi connectivity index (χ0v) is 18.3. The van der Waals surface area contributed by atoms with Crippen molar-refractivity contribution >= 4 is 17.1 Å². The Kier molecular flexibility index (Phi) is 5.43. The molecule has 32 heavy (non-hydrogen) atoms. The number of carbonyl (C=O) groups excluding carboxylic acids is 1. The SMILES string of the molecule is CC(=O)NN1CCC[C@H]1c1nc2nc(C(C)(C)C)nc(Cn3cc(C(F)(F)F)cn3)c2[nH]1. The lowest BCUT2D eigenvalue weighted by molar-refractivity contribution is -0.137. The average molecular weight is 450 g/mol. The summed E-state index contributed by atoms with van der Waals surface area (Å²) >= 11 is 0. The number of nitrogens with one attached hydrogen (secondary N) is 2. The van der Waals surface area contributed by atoms with Gasteiger partial charge in [-0.2, -0.15) is 18.3 Å². The van der Waals surface area contributed by atoms with Crippen LogP contribution < -0.4 is 5.43 Å². The molecule has 0 spiro atoms. The van der Waals surface area contributed by atoms with Gasteiger partial charge in [0.05, 0.1) is 30.0 Å². The predicted octanol–water partition coefficient (Wildman–Crippen LogP) is 3.10. The number of halogens is 3. The van der Waals surface area contributed by atoms with Gasteiger partial charge in [0.15, 0.2) is 5.65 Å². The van der Waals surface area contributed by atoms with Gasteiger partial charge in [0.1, 0.15) is 17.2 Å². The largest absolute Gasteiger partial charge is 0.419 e.